The summed E-state index contributed by atoms with van der Waals surface area (Å²) in [6, 6.07) is 20.6. The molecule has 4 aromatic rings. The average Bonchev–Trinajstić information content (AvgIpc) is 3.27. The lowest BCUT2D eigenvalue weighted by Gasteiger charge is -2.13. The van der Waals surface area contributed by atoms with Crippen molar-refractivity contribution in [2.45, 2.75) is 36.6 Å². The van der Waals surface area contributed by atoms with Crippen LogP contribution in [0.4, 0.5) is 13.2 Å². The van der Waals surface area contributed by atoms with E-state index >= 15 is 0 Å². The molecule has 0 fully saturated rings. The lowest BCUT2D eigenvalue weighted by Crippen LogP contribution is -2.10. The van der Waals surface area contributed by atoms with Gasteiger partial charge in [0.2, 0.25) is 0 Å². The van der Waals surface area contributed by atoms with Crippen molar-refractivity contribution in [2.24, 2.45) is 0 Å². The first-order valence-corrected chi connectivity index (χ1v) is 13.1. The van der Waals surface area contributed by atoms with Crippen LogP contribution in [0.25, 0.3) is 10.6 Å². The molecule has 4 nitrogen and oxygen atoms in total. The van der Waals surface area contributed by atoms with Crippen molar-refractivity contribution in [3.05, 3.63) is 100 Å². The van der Waals surface area contributed by atoms with Gasteiger partial charge in [-0.05, 0) is 55.3 Å². The van der Waals surface area contributed by atoms with Crippen LogP contribution in [0.1, 0.15) is 39.4 Å². The number of nitrogens with zero attached hydrogens (tertiary/aromatic N) is 1. The Morgan fingerprint density at radius 1 is 1.08 bits per heavy atom. The van der Waals surface area contributed by atoms with Gasteiger partial charge in [-0.2, -0.15) is 13.2 Å². The van der Waals surface area contributed by atoms with Crippen LogP contribution in [0.3, 0.4) is 0 Å². The van der Waals surface area contributed by atoms with Crippen molar-refractivity contribution in [2.75, 3.05) is 6.61 Å². The fourth-order valence-corrected chi connectivity index (χ4v) is 6.13. The van der Waals surface area contributed by atoms with Crippen LogP contribution in [-0.2, 0) is 17.4 Å². The average molecular weight is 544 g/mol. The second-order valence-electron chi connectivity index (χ2n) is 8.44. The van der Waals surface area contributed by atoms with Gasteiger partial charge in [0.1, 0.15) is 10.8 Å². The number of thioether (sulfide) groups is 1. The van der Waals surface area contributed by atoms with E-state index in [0.29, 0.717) is 22.7 Å². The first-order valence-electron chi connectivity index (χ1n) is 11.4. The topological polar surface area (TPSA) is 59.4 Å². The molecule has 0 saturated carbocycles. The number of thiazole rings is 1. The van der Waals surface area contributed by atoms with Crippen LogP contribution in [0.15, 0.2) is 77.7 Å². The number of aromatic nitrogens is 1. The number of ether oxygens (including phenoxy) is 1. The summed E-state index contributed by atoms with van der Waals surface area (Å²) in [7, 11) is 0. The van der Waals surface area contributed by atoms with E-state index in [0.717, 1.165) is 38.7 Å². The van der Waals surface area contributed by atoms with Crippen LogP contribution in [0, 0.1) is 6.92 Å². The molecule has 3 aromatic carbocycles. The Bertz CT molecular complexity index is 1370. The van der Waals surface area contributed by atoms with Gasteiger partial charge in [0.05, 0.1) is 11.3 Å². The molecule has 9 heteroatoms. The van der Waals surface area contributed by atoms with Gasteiger partial charge in [0.25, 0.3) is 0 Å². The monoisotopic (exact) mass is 543 g/mol. The van der Waals surface area contributed by atoms with Gasteiger partial charge in [-0.25, -0.2) is 9.78 Å². The van der Waals surface area contributed by atoms with E-state index in [1.54, 1.807) is 17.8 Å². The molecule has 0 spiro atoms. The number of carbonyl (C=O) groups is 1. The highest BCUT2D eigenvalue weighted by Crippen LogP contribution is 2.43. The molecular formula is C28H24F3NO3S2. The fraction of sp³-hybridized carbons (Fsp3) is 0.214. The zero-order valence-corrected chi connectivity index (χ0v) is 21.7. The normalized spacial score (nSPS) is 12.4. The summed E-state index contributed by atoms with van der Waals surface area (Å²) in [6.07, 6.45) is -3.78. The predicted molar refractivity (Wildman–Crippen MR) is 140 cm³/mol. The van der Waals surface area contributed by atoms with E-state index in [2.05, 4.69) is 6.92 Å². The number of aliphatic carboxylic acids is 1. The van der Waals surface area contributed by atoms with Gasteiger partial charge in [-0.3, -0.25) is 0 Å². The third-order valence-electron chi connectivity index (χ3n) is 5.58. The maximum atomic E-state index is 13.0. The second kappa shape index (κ2) is 11.4. The van der Waals surface area contributed by atoms with Gasteiger partial charge < -0.3 is 9.84 Å². The molecule has 0 aliphatic rings. The van der Waals surface area contributed by atoms with E-state index in [1.165, 1.54) is 23.5 Å². The lowest BCUT2D eigenvalue weighted by atomic mass is 10.1. The molecule has 0 saturated heterocycles. The molecule has 1 N–H and O–H groups in total. The maximum Gasteiger partial charge on any atom is 0.416 e. The summed E-state index contributed by atoms with van der Waals surface area (Å²) in [5.74, 6) is -0.516. The molecule has 1 heterocycles. The zero-order chi connectivity index (χ0) is 26.6. The molecule has 0 amide bonds. The summed E-state index contributed by atoms with van der Waals surface area (Å²) >= 11 is 3.12. The Balaban J connectivity index is 1.61. The molecule has 4 rings (SSSR count). The molecule has 0 aliphatic heterocycles. The van der Waals surface area contributed by atoms with E-state index in [-0.39, 0.29) is 5.25 Å². The smallest absolute Gasteiger partial charge is 0.416 e. The Hall–Kier alpha value is -3.30. The Labute approximate surface area is 221 Å². The van der Waals surface area contributed by atoms with Crippen molar-refractivity contribution >= 4 is 29.1 Å². The van der Waals surface area contributed by atoms with Gasteiger partial charge in [0, 0.05) is 27.0 Å². The summed E-state index contributed by atoms with van der Waals surface area (Å²) in [4.78, 5) is 17.7. The molecule has 192 valence electrons. The van der Waals surface area contributed by atoms with Crippen molar-refractivity contribution in [1.29, 1.82) is 0 Å². The molecule has 0 bridgehead atoms. The molecule has 0 aliphatic carbocycles. The van der Waals surface area contributed by atoms with E-state index < -0.39 is 24.3 Å². The lowest BCUT2D eigenvalue weighted by molar-refractivity contribution is -0.139. The minimum atomic E-state index is -4.39. The number of alkyl halides is 3. The number of carboxylic acids is 1. The van der Waals surface area contributed by atoms with Gasteiger partial charge in [0.15, 0.2) is 6.61 Å². The number of rotatable bonds is 9. The standard InChI is InChI=1S/C28H24F3NO3S2/c1-17-14-22(12-13-24(17)35-16-25(33)34)36-18(2)26-23(15-19-6-4-3-5-7-19)32-27(37-26)20-8-10-21(11-9-20)28(29,30)31/h3-14,18H,15-16H2,1-2H3,(H,33,34). The molecule has 37 heavy (non-hydrogen) atoms. The number of hydrogen-bond donors (Lipinski definition) is 1. The first kappa shape index (κ1) is 26.8. The predicted octanol–water partition coefficient (Wildman–Crippen LogP) is 8.04. The Morgan fingerprint density at radius 2 is 1.78 bits per heavy atom. The summed E-state index contributed by atoms with van der Waals surface area (Å²) in [5, 5.41) is 9.54. The Morgan fingerprint density at radius 3 is 2.41 bits per heavy atom. The van der Waals surface area contributed by atoms with Crippen LogP contribution >= 0.6 is 23.1 Å². The largest absolute Gasteiger partial charge is 0.482 e. The third-order valence-corrected chi connectivity index (χ3v) is 8.17. The van der Waals surface area contributed by atoms with Crippen molar-refractivity contribution in [3.8, 4) is 16.3 Å². The van der Waals surface area contributed by atoms with Crippen LogP contribution in [-0.4, -0.2) is 22.7 Å². The summed E-state index contributed by atoms with van der Waals surface area (Å²) < 4.78 is 44.4. The second-order valence-corrected chi connectivity index (χ2v) is 10.9. The van der Waals surface area contributed by atoms with Crippen LogP contribution in [0.2, 0.25) is 0 Å². The van der Waals surface area contributed by atoms with Gasteiger partial charge in [-0.1, -0.05) is 42.5 Å². The SMILES string of the molecule is Cc1cc(SC(C)c2sc(-c3ccc(C(F)(F)F)cc3)nc2Cc2ccccc2)ccc1OCC(=O)O. The van der Waals surface area contributed by atoms with Crippen molar-refractivity contribution in [1.82, 2.24) is 4.98 Å². The van der Waals surface area contributed by atoms with E-state index in [9.17, 15) is 18.0 Å². The number of benzene rings is 3. The highest BCUT2D eigenvalue weighted by atomic mass is 32.2. The zero-order valence-electron chi connectivity index (χ0n) is 20.1. The minimum absolute atomic E-state index is 0.0181. The van der Waals surface area contributed by atoms with E-state index in [1.807, 2.05) is 49.4 Å². The first-order chi connectivity index (χ1) is 17.6. The number of halogens is 3. The van der Waals surface area contributed by atoms with Gasteiger partial charge in [-0.15, -0.1) is 23.1 Å². The van der Waals surface area contributed by atoms with E-state index in [4.69, 9.17) is 14.8 Å². The maximum absolute atomic E-state index is 13.0. The van der Waals surface area contributed by atoms with Crippen LogP contribution < -0.4 is 4.74 Å². The van der Waals surface area contributed by atoms with Crippen LogP contribution in [0.5, 0.6) is 5.75 Å². The molecular weight excluding hydrogens is 519 g/mol. The minimum Gasteiger partial charge on any atom is -0.482 e. The Kier molecular flexibility index (Phi) is 8.24. The summed E-state index contributed by atoms with van der Waals surface area (Å²) in [6.45, 7) is 3.54. The highest BCUT2D eigenvalue weighted by Gasteiger charge is 2.30. The number of hydrogen-bond acceptors (Lipinski definition) is 5. The summed E-state index contributed by atoms with van der Waals surface area (Å²) in [5.41, 5.74) is 2.78. The molecule has 0 radical (unpaired) electrons. The molecule has 1 atom stereocenters. The van der Waals surface area contributed by atoms with Gasteiger partial charge >= 0.3 is 12.1 Å². The van der Waals surface area contributed by atoms with Crippen molar-refractivity contribution in [3.63, 3.8) is 0 Å². The quantitative estimate of drug-likeness (QED) is 0.217. The number of carboxylic acid groups (broad SMARTS) is 1. The molecule has 1 unspecified atom stereocenters. The highest BCUT2D eigenvalue weighted by molar-refractivity contribution is 7.99. The molecule has 1 aromatic heterocycles. The number of aryl methyl sites for hydroxylation is 1. The fourth-order valence-electron chi connectivity index (χ4n) is 3.78. The third kappa shape index (κ3) is 6.93. The van der Waals surface area contributed by atoms with Crippen molar-refractivity contribution < 1.29 is 27.8 Å².